The molecule has 2 rings (SSSR count). The van der Waals surface area contributed by atoms with E-state index in [1.165, 1.54) is 0 Å². The van der Waals surface area contributed by atoms with Crippen LogP contribution in [0.4, 0.5) is 4.79 Å². The zero-order valence-corrected chi connectivity index (χ0v) is 11.8. The van der Waals surface area contributed by atoms with Gasteiger partial charge in [-0.1, -0.05) is 6.92 Å². The summed E-state index contributed by atoms with van der Waals surface area (Å²) in [6, 6.07) is 0.745. The van der Waals surface area contributed by atoms with E-state index in [-0.39, 0.29) is 24.2 Å². The number of nitrogens with one attached hydrogen (secondary N) is 3. The zero-order chi connectivity index (χ0) is 15.2. The lowest BCUT2D eigenvalue weighted by Crippen LogP contribution is -2.33. The second-order valence-electron chi connectivity index (χ2n) is 5.19. The number of hydrogen-bond acceptors (Lipinski definition) is 4. The lowest BCUT2D eigenvalue weighted by Gasteiger charge is -2.13. The fourth-order valence-corrected chi connectivity index (χ4v) is 2.11. The third-order valence-electron chi connectivity index (χ3n) is 3.22. The van der Waals surface area contributed by atoms with Crippen LogP contribution in [0.3, 0.4) is 0 Å². The summed E-state index contributed by atoms with van der Waals surface area (Å²) in [7, 11) is 0. The minimum atomic E-state index is -0.607. The molecule has 2 heterocycles. The van der Waals surface area contributed by atoms with E-state index in [1.807, 2.05) is 23.9 Å². The van der Waals surface area contributed by atoms with Crippen LogP contribution >= 0.6 is 0 Å². The van der Waals surface area contributed by atoms with Gasteiger partial charge in [-0.15, -0.1) is 0 Å². The Hall–Kier alpha value is -2.38. The molecule has 21 heavy (non-hydrogen) atoms. The summed E-state index contributed by atoms with van der Waals surface area (Å²) in [4.78, 5) is 33.9. The first kappa shape index (κ1) is 15.0. The maximum Gasteiger partial charge on any atom is 0.322 e. The Morgan fingerprint density at radius 2 is 2.33 bits per heavy atom. The predicted octanol–water partition coefficient (Wildman–Crippen LogP) is -0.376. The van der Waals surface area contributed by atoms with Crippen molar-refractivity contribution in [2.24, 2.45) is 5.92 Å². The second-order valence-corrected chi connectivity index (χ2v) is 5.19. The molecule has 1 aromatic rings. The summed E-state index contributed by atoms with van der Waals surface area (Å²) < 4.78 is 1.81. The largest absolute Gasteiger partial charge is 0.356 e. The first-order valence-electron chi connectivity index (χ1n) is 6.90. The van der Waals surface area contributed by atoms with Gasteiger partial charge in [0.2, 0.25) is 5.91 Å². The lowest BCUT2D eigenvalue weighted by molar-refractivity contribution is -0.122. The molecule has 0 bridgehead atoms. The van der Waals surface area contributed by atoms with E-state index in [0.29, 0.717) is 13.0 Å². The van der Waals surface area contributed by atoms with Gasteiger partial charge in [-0.25, -0.2) is 4.79 Å². The van der Waals surface area contributed by atoms with Crippen LogP contribution in [-0.2, 0) is 16.1 Å². The number of carbonyl (C=O) groups excluding carboxylic acids is 3. The monoisotopic (exact) mass is 293 g/mol. The van der Waals surface area contributed by atoms with Crippen LogP contribution in [-0.4, -0.2) is 40.2 Å². The number of carbonyl (C=O) groups is 3. The van der Waals surface area contributed by atoms with E-state index in [9.17, 15) is 14.4 Å². The number of nitrogens with zero attached hydrogens (tertiary/aromatic N) is 2. The van der Waals surface area contributed by atoms with Crippen LogP contribution in [0.25, 0.3) is 0 Å². The molecule has 0 radical (unpaired) electrons. The van der Waals surface area contributed by atoms with Crippen LogP contribution in [0.15, 0.2) is 18.5 Å². The number of aromatic nitrogens is 2. The molecule has 8 heteroatoms. The van der Waals surface area contributed by atoms with Crippen molar-refractivity contribution in [2.75, 3.05) is 6.54 Å². The highest BCUT2D eigenvalue weighted by molar-refractivity contribution is 6.04. The maximum atomic E-state index is 11.7. The van der Waals surface area contributed by atoms with Crippen LogP contribution in [0.2, 0.25) is 0 Å². The first-order chi connectivity index (χ1) is 10.0. The molecule has 1 saturated heterocycles. The van der Waals surface area contributed by atoms with Gasteiger partial charge in [0.1, 0.15) is 6.04 Å². The Balaban J connectivity index is 1.63. The Morgan fingerprint density at radius 3 is 2.95 bits per heavy atom. The summed E-state index contributed by atoms with van der Waals surface area (Å²) in [5, 5.41) is 11.5. The summed E-state index contributed by atoms with van der Waals surface area (Å²) in [6.45, 7) is 3.29. The van der Waals surface area contributed by atoms with Crippen molar-refractivity contribution in [3.63, 3.8) is 0 Å². The van der Waals surface area contributed by atoms with E-state index >= 15 is 0 Å². The van der Waals surface area contributed by atoms with Gasteiger partial charge in [-0.05, 0) is 18.4 Å². The summed E-state index contributed by atoms with van der Waals surface area (Å²) in [5.41, 5.74) is 0. The third kappa shape index (κ3) is 4.59. The van der Waals surface area contributed by atoms with Crippen LogP contribution in [0.1, 0.15) is 19.8 Å². The molecule has 0 spiro atoms. The summed E-state index contributed by atoms with van der Waals surface area (Å²) >= 11 is 0. The molecule has 2 atom stereocenters. The van der Waals surface area contributed by atoms with Crippen molar-refractivity contribution < 1.29 is 14.4 Å². The summed E-state index contributed by atoms with van der Waals surface area (Å²) in [5.74, 6) is -0.251. The number of rotatable bonds is 7. The van der Waals surface area contributed by atoms with E-state index in [2.05, 4.69) is 21.0 Å². The molecule has 1 aliphatic heterocycles. The van der Waals surface area contributed by atoms with Crippen LogP contribution < -0.4 is 16.0 Å². The van der Waals surface area contributed by atoms with Gasteiger partial charge < -0.3 is 10.6 Å². The number of imide groups is 1. The molecule has 0 saturated carbocycles. The van der Waals surface area contributed by atoms with E-state index in [0.717, 1.165) is 6.54 Å². The van der Waals surface area contributed by atoms with Gasteiger partial charge in [0.05, 0.1) is 0 Å². The quantitative estimate of drug-likeness (QED) is 0.596. The average molecular weight is 293 g/mol. The van der Waals surface area contributed by atoms with Crippen molar-refractivity contribution in [1.82, 2.24) is 25.7 Å². The van der Waals surface area contributed by atoms with Gasteiger partial charge in [0.25, 0.3) is 5.91 Å². The van der Waals surface area contributed by atoms with Gasteiger partial charge in [0, 0.05) is 31.9 Å². The van der Waals surface area contributed by atoms with E-state index in [1.54, 1.807) is 6.20 Å². The molecule has 1 fully saturated rings. The average Bonchev–Trinajstić information content (AvgIpc) is 3.04. The topological polar surface area (TPSA) is 105 Å². The Morgan fingerprint density at radius 1 is 1.52 bits per heavy atom. The van der Waals surface area contributed by atoms with Gasteiger partial charge >= 0.3 is 6.03 Å². The van der Waals surface area contributed by atoms with E-state index < -0.39 is 12.1 Å². The van der Waals surface area contributed by atoms with Crippen LogP contribution in [0, 0.1) is 5.92 Å². The highest BCUT2D eigenvalue weighted by Crippen LogP contribution is 2.03. The first-order valence-corrected chi connectivity index (χ1v) is 6.90. The van der Waals surface area contributed by atoms with E-state index in [4.69, 9.17) is 0 Å². The smallest absolute Gasteiger partial charge is 0.322 e. The molecule has 8 nitrogen and oxygen atoms in total. The molecule has 2 unspecified atom stereocenters. The van der Waals surface area contributed by atoms with Crippen molar-refractivity contribution in [1.29, 1.82) is 0 Å². The van der Waals surface area contributed by atoms with Crippen molar-refractivity contribution in [3.8, 4) is 0 Å². The number of hydrogen-bond donors (Lipinski definition) is 3. The standard InChI is InChI=1S/C13H19N5O3/c1-9(8-18-6-2-5-15-18)7-14-11(19)4-3-10-12(20)17-13(21)16-10/h2,5-6,9-10H,3-4,7-8H2,1H3,(H,14,19)(H2,16,17,20,21). The third-order valence-corrected chi connectivity index (χ3v) is 3.22. The normalized spacial score (nSPS) is 19.0. The van der Waals surface area contributed by atoms with Gasteiger partial charge in [-0.3, -0.25) is 19.6 Å². The summed E-state index contributed by atoms with van der Waals surface area (Å²) in [6.07, 6.45) is 4.09. The molecule has 1 aliphatic rings. The SMILES string of the molecule is CC(CNC(=O)CCC1NC(=O)NC1=O)Cn1cccn1. The second kappa shape index (κ2) is 6.87. The van der Waals surface area contributed by atoms with Crippen molar-refractivity contribution >= 4 is 17.8 Å². The highest BCUT2D eigenvalue weighted by Gasteiger charge is 2.29. The van der Waals surface area contributed by atoms with Crippen molar-refractivity contribution in [2.45, 2.75) is 32.4 Å². The Bertz CT molecular complexity index is 514. The molecule has 4 amide bonds. The molecule has 0 aliphatic carbocycles. The van der Waals surface area contributed by atoms with Gasteiger partial charge in [-0.2, -0.15) is 5.10 Å². The zero-order valence-electron chi connectivity index (χ0n) is 11.8. The fourth-order valence-electron chi connectivity index (χ4n) is 2.11. The molecular weight excluding hydrogens is 274 g/mol. The van der Waals surface area contributed by atoms with Crippen LogP contribution in [0.5, 0.6) is 0 Å². The number of amides is 4. The van der Waals surface area contributed by atoms with Crippen molar-refractivity contribution in [3.05, 3.63) is 18.5 Å². The van der Waals surface area contributed by atoms with Gasteiger partial charge in [0.15, 0.2) is 0 Å². The Labute approximate surface area is 122 Å². The molecule has 0 aromatic carbocycles. The molecular formula is C13H19N5O3. The number of urea groups is 1. The predicted molar refractivity (Wildman–Crippen MR) is 74.1 cm³/mol. The minimum absolute atomic E-state index is 0.128. The fraction of sp³-hybridized carbons (Fsp3) is 0.538. The maximum absolute atomic E-state index is 11.7. The lowest BCUT2D eigenvalue weighted by atomic mass is 10.1. The highest BCUT2D eigenvalue weighted by atomic mass is 16.2. The molecule has 1 aromatic heterocycles. The minimum Gasteiger partial charge on any atom is -0.356 e. The Kier molecular flexibility index (Phi) is 4.91. The molecule has 3 N–H and O–H groups in total. The molecule has 114 valence electrons.